The predicted octanol–water partition coefficient (Wildman–Crippen LogP) is 4.28. The van der Waals surface area contributed by atoms with Crippen LogP contribution in [0.2, 0.25) is 5.02 Å². The first-order chi connectivity index (χ1) is 11.7. The molecule has 0 saturated carbocycles. The van der Waals surface area contributed by atoms with Gasteiger partial charge in [0.1, 0.15) is 0 Å². The Balaban J connectivity index is 2.02. The van der Waals surface area contributed by atoms with Crippen LogP contribution in [0.1, 0.15) is 10.6 Å². The van der Waals surface area contributed by atoms with Crippen LogP contribution < -0.4 is 4.72 Å². The van der Waals surface area contributed by atoms with Crippen LogP contribution >= 0.6 is 22.9 Å². The summed E-state index contributed by atoms with van der Waals surface area (Å²) in [6, 6.07) is 7.16. The number of nitro groups is 1. The fraction of sp³-hybridized carbons (Fsp3) is 0.133. The van der Waals surface area contributed by atoms with Gasteiger partial charge in [-0.3, -0.25) is 14.8 Å². The summed E-state index contributed by atoms with van der Waals surface area (Å²) in [5.74, 6) is 0. The van der Waals surface area contributed by atoms with Crippen LogP contribution in [0.4, 0.5) is 11.4 Å². The first kappa shape index (κ1) is 17.6. The second-order valence-electron chi connectivity index (χ2n) is 5.33. The Bertz CT molecular complexity index is 1110. The molecule has 0 radical (unpaired) electrons. The molecule has 0 unspecified atom stereocenters. The van der Waals surface area contributed by atoms with Crippen molar-refractivity contribution in [3.63, 3.8) is 0 Å². The number of aromatic nitrogens is 1. The van der Waals surface area contributed by atoms with Crippen molar-refractivity contribution >= 4 is 54.6 Å². The van der Waals surface area contributed by atoms with Crippen molar-refractivity contribution in [2.45, 2.75) is 18.7 Å². The molecule has 1 aromatic heterocycles. The van der Waals surface area contributed by atoms with Crippen LogP contribution in [0.15, 0.2) is 35.2 Å². The number of nitrogens with zero attached hydrogens (tertiary/aromatic N) is 2. The van der Waals surface area contributed by atoms with Crippen LogP contribution in [0, 0.1) is 24.0 Å². The van der Waals surface area contributed by atoms with Crippen molar-refractivity contribution in [2.24, 2.45) is 0 Å². The van der Waals surface area contributed by atoms with Gasteiger partial charge in [-0.2, -0.15) is 0 Å². The van der Waals surface area contributed by atoms with E-state index in [1.54, 1.807) is 18.2 Å². The quantitative estimate of drug-likeness (QED) is 0.523. The highest BCUT2D eigenvalue weighted by Gasteiger charge is 2.22. The molecule has 130 valence electrons. The summed E-state index contributed by atoms with van der Waals surface area (Å²) in [6.07, 6.45) is 0. The number of fused-ring (bicyclic) bond motifs is 1. The molecule has 0 saturated heterocycles. The normalized spacial score (nSPS) is 11.6. The van der Waals surface area contributed by atoms with Gasteiger partial charge in [-0.05, 0) is 38.1 Å². The number of sulfonamides is 1. The SMILES string of the molecule is Cc1nc2ccc(NS(=O)(=O)c3cc(Cl)c(C)c([N+](=O)[O-])c3)cc2s1. The van der Waals surface area contributed by atoms with Crippen LogP contribution in [-0.2, 0) is 10.0 Å². The van der Waals surface area contributed by atoms with Crippen molar-refractivity contribution in [3.8, 4) is 0 Å². The van der Waals surface area contributed by atoms with E-state index >= 15 is 0 Å². The van der Waals surface area contributed by atoms with Gasteiger partial charge in [-0.25, -0.2) is 13.4 Å². The third-order valence-corrected chi connectivity index (χ3v) is 6.23. The third kappa shape index (κ3) is 3.44. The zero-order valence-electron chi connectivity index (χ0n) is 13.1. The Labute approximate surface area is 152 Å². The molecule has 2 aromatic carbocycles. The first-order valence-corrected chi connectivity index (χ1v) is 9.70. The summed E-state index contributed by atoms with van der Waals surface area (Å²) >= 11 is 7.39. The second kappa shape index (κ2) is 6.25. The number of anilines is 1. The molecule has 0 amide bonds. The van der Waals surface area contributed by atoms with Gasteiger partial charge in [-0.1, -0.05) is 11.6 Å². The molecule has 0 bridgehead atoms. The van der Waals surface area contributed by atoms with E-state index in [0.717, 1.165) is 21.3 Å². The van der Waals surface area contributed by atoms with Gasteiger partial charge < -0.3 is 0 Å². The van der Waals surface area contributed by atoms with E-state index in [9.17, 15) is 18.5 Å². The van der Waals surface area contributed by atoms with Crippen molar-refractivity contribution in [1.82, 2.24) is 4.98 Å². The van der Waals surface area contributed by atoms with Crippen LogP contribution in [0.3, 0.4) is 0 Å². The molecule has 0 atom stereocenters. The average molecular weight is 398 g/mol. The van der Waals surface area contributed by atoms with Gasteiger partial charge >= 0.3 is 0 Å². The van der Waals surface area contributed by atoms with Gasteiger partial charge in [-0.15, -0.1) is 11.3 Å². The summed E-state index contributed by atoms with van der Waals surface area (Å²) in [5.41, 5.74) is 0.989. The van der Waals surface area contributed by atoms with Crippen LogP contribution in [0.25, 0.3) is 10.2 Å². The standard InChI is InChI=1S/C15H12ClN3O4S2/c1-8-12(16)6-11(7-14(8)19(20)21)25(22,23)18-10-3-4-13-15(5-10)24-9(2)17-13/h3-7,18H,1-2H3. The van der Waals surface area contributed by atoms with Gasteiger partial charge in [0, 0.05) is 11.6 Å². The molecule has 0 fully saturated rings. The van der Waals surface area contributed by atoms with Gasteiger partial charge in [0.05, 0.1) is 35.8 Å². The summed E-state index contributed by atoms with van der Waals surface area (Å²) < 4.78 is 28.4. The molecule has 1 heterocycles. The van der Waals surface area contributed by atoms with E-state index in [1.807, 2.05) is 6.92 Å². The summed E-state index contributed by atoms with van der Waals surface area (Å²) in [6.45, 7) is 3.33. The molecule has 3 aromatic rings. The van der Waals surface area contributed by atoms with E-state index in [0.29, 0.717) is 5.69 Å². The lowest BCUT2D eigenvalue weighted by Gasteiger charge is -2.09. The minimum Gasteiger partial charge on any atom is -0.280 e. The largest absolute Gasteiger partial charge is 0.280 e. The number of hydrogen-bond donors (Lipinski definition) is 1. The number of benzene rings is 2. The Morgan fingerprint density at radius 1 is 1.24 bits per heavy atom. The highest BCUT2D eigenvalue weighted by molar-refractivity contribution is 7.92. The molecule has 3 rings (SSSR count). The smallest absolute Gasteiger partial charge is 0.275 e. The number of nitro benzene ring substituents is 1. The molecular formula is C15H12ClN3O4S2. The number of thiazole rings is 1. The van der Waals surface area contributed by atoms with E-state index in [1.165, 1.54) is 24.3 Å². The molecule has 25 heavy (non-hydrogen) atoms. The van der Waals surface area contributed by atoms with E-state index in [-0.39, 0.29) is 21.2 Å². The molecule has 0 aliphatic heterocycles. The lowest BCUT2D eigenvalue weighted by molar-refractivity contribution is -0.385. The fourth-order valence-electron chi connectivity index (χ4n) is 2.30. The Morgan fingerprint density at radius 3 is 2.64 bits per heavy atom. The molecule has 1 N–H and O–H groups in total. The average Bonchev–Trinajstić information content (AvgIpc) is 2.88. The van der Waals surface area contributed by atoms with E-state index in [2.05, 4.69) is 9.71 Å². The number of hydrogen-bond acceptors (Lipinski definition) is 6. The zero-order chi connectivity index (χ0) is 18.4. The van der Waals surface area contributed by atoms with Crippen LogP contribution in [0.5, 0.6) is 0 Å². The fourth-order valence-corrected chi connectivity index (χ4v) is 4.54. The third-order valence-electron chi connectivity index (χ3n) is 3.54. The number of halogens is 1. The number of aryl methyl sites for hydroxylation is 1. The Kier molecular flexibility index (Phi) is 4.40. The van der Waals surface area contributed by atoms with Gasteiger partial charge in [0.2, 0.25) is 0 Å². The monoisotopic (exact) mass is 397 g/mol. The van der Waals surface area contributed by atoms with Crippen molar-refractivity contribution in [2.75, 3.05) is 4.72 Å². The number of rotatable bonds is 4. The molecule has 10 heteroatoms. The number of nitrogens with one attached hydrogen (secondary N) is 1. The second-order valence-corrected chi connectivity index (χ2v) is 8.65. The highest BCUT2D eigenvalue weighted by Crippen LogP contribution is 2.31. The van der Waals surface area contributed by atoms with Crippen molar-refractivity contribution in [3.05, 3.63) is 56.0 Å². The van der Waals surface area contributed by atoms with Crippen molar-refractivity contribution in [1.29, 1.82) is 0 Å². The molecule has 0 aliphatic rings. The first-order valence-electron chi connectivity index (χ1n) is 7.02. The lowest BCUT2D eigenvalue weighted by atomic mass is 10.2. The molecule has 7 nitrogen and oxygen atoms in total. The Hall–Kier alpha value is -2.23. The maximum Gasteiger partial charge on any atom is 0.275 e. The van der Waals surface area contributed by atoms with Crippen molar-refractivity contribution < 1.29 is 13.3 Å². The Morgan fingerprint density at radius 2 is 1.96 bits per heavy atom. The summed E-state index contributed by atoms with van der Waals surface area (Å²) in [7, 11) is -4.03. The minimum absolute atomic E-state index is 0.0168. The van der Waals surface area contributed by atoms with E-state index < -0.39 is 14.9 Å². The topological polar surface area (TPSA) is 102 Å². The highest BCUT2D eigenvalue weighted by atomic mass is 35.5. The molecule has 0 spiro atoms. The minimum atomic E-state index is -4.03. The zero-order valence-corrected chi connectivity index (χ0v) is 15.5. The van der Waals surface area contributed by atoms with Gasteiger partial charge in [0.15, 0.2) is 0 Å². The van der Waals surface area contributed by atoms with E-state index in [4.69, 9.17) is 11.6 Å². The predicted molar refractivity (Wildman–Crippen MR) is 98.0 cm³/mol. The lowest BCUT2D eigenvalue weighted by Crippen LogP contribution is -2.13. The van der Waals surface area contributed by atoms with Gasteiger partial charge in [0.25, 0.3) is 15.7 Å². The van der Waals surface area contributed by atoms with Crippen LogP contribution in [-0.4, -0.2) is 18.3 Å². The maximum atomic E-state index is 12.6. The maximum absolute atomic E-state index is 12.6. The molecular weight excluding hydrogens is 386 g/mol. The summed E-state index contributed by atoms with van der Waals surface area (Å²) in [4.78, 5) is 14.5. The molecule has 0 aliphatic carbocycles. The summed E-state index contributed by atoms with van der Waals surface area (Å²) in [5, 5.41) is 12.0.